The van der Waals surface area contributed by atoms with Gasteiger partial charge in [0.05, 0.1) is 11.0 Å². The van der Waals surface area contributed by atoms with E-state index in [2.05, 4.69) is 77.4 Å². The first kappa shape index (κ1) is 29.9. The molecule has 1 aromatic heterocycles. The number of amides is 1. The molecule has 220 valence electrons. The van der Waals surface area contributed by atoms with Crippen LogP contribution < -0.4 is 0 Å². The molecule has 5 nitrogen and oxygen atoms in total. The molecular formula is C35H48N4OS. The number of aromatic nitrogens is 2. The van der Waals surface area contributed by atoms with Crippen molar-refractivity contribution in [2.45, 2.75) is 95.4 Å². The summed E-state index contributed by atoms with van der Waals surface area (Å²) in [5, 5.41) is 0. The van der Waals surface area contributed by atoms with Crippen molar-refractivity contribution in [3.8, 4) is 0 Å². The van der Waals surface area contributed by atoms with Crippen molar-refractivity contribution in [2.75, 3.05) is 25.9 Å². The molecule has 0 radical (unpaired) electrons. The summed E-state index contributed by atoms with van der Waals surface area (Å²) in [5.41, 5.74) is 3.46. The van der Waals surface area contributed by atoms with Crippen molar-refractivity contribution in [1.82, 2.24) is 14.5 Å². The number of fused-ring (bicyclic) bond motifs is 1. The fourth-order valence-corrected chi connectivity index (χ4v) is 7.26. The minimum atomic E-state index is -0.334. The van der Waals surface area contributed by atoms with Crippen molar-refractivity contribution < 1.29 is 4.79 Å². The Labute approximate surface area is 251 Å². The van der Waals surface area contributed by atoms with Crippen molar-refractivity contribution >= 4 is 34.9 Å². The molecule has 6 heteroatoms. The third-order valence-electron chi connectivity index (χ3n) is 9.55. The molecule has 1 saturated heterocycles. The van der Waals surface area contributed by atoms with Gasteiger partial charge in [-0.15, -0.1) is 11.8 Å². The normalized spacial score (nSPS) is 18.6. The molecule has 1 atom stereocenters. The number of aryl methyl sites for hydroxylation is 1. The number of hydrogen-bond donors (Lipinski definition) is 0. The van der Waals surface area contributed by atoms with Gasteiger partial charge in [-0.2, -0.15) is 0 Å². The van der Waals surface area contributed by atoms with Crippen molar-refractivity contribution in [1.29, 1.82) is 0 Å². The van der Waals surface area contributed by atoms with Crippen molar-refractivity contribution in [3.05, 3.63) is 59.9 Å². The number of nitrogens with zero attached hydrogens (tertiary/aromatic N) is 4. The van der Waals surface area contributed by atoms with Gasteiger partial charge in [0.2, 0.25) is 5.91 Å². The zero-order valence-corrected chi connectivity index (χ0v) is 26.6. The average Bonchev–Trinajstić information content (AvgIpc) is 3.28. The maximum Gasteiger partial charge on any atom is 0.227 e. The zero-order valence-electron chi connectivity index (χ0n) is 25.7. The Hall–Kier alpha value is -2.60. The number of likely N-dealkylation sites (tertiary alicyclic amines) is 1. The third-order valence-corrected chi connectivity index (χ3v) is 10.3. The third kappa shape index (κ3) is 6.74. The molecule has 2 heterocycles. The first-order chi connectivity index (χ1) is 19.7. The Morgan fingerprint density at radius 3 is 2.46 bits per heavy atom. The summed E-state index contributed by atoms with van der Waals surface area (Å²) in [6, 6.07) is 18.1. The molecule has 41 heavy (non-hydrogen) atoms. The second kappa shape index (κ2) is 12.7. The highest BCUT2D eigenvalue weighted by atomic mass is 32.2. The predicted octanol–water partition coefficient (Wildman–Crippen LogP) is 8.26. The summed E-state index contributed by atoms with van der Waals surface area (Å²) in [7, 11) is 0. The van der Waals surface area contributed by atoms with Gasteiger partial charge in [0.25, 0.3) is 0 Å². The second-order valence-corrected chi connectivity index (χ2v) is 14.2. The molecule has 3 aromatic rings. The van der Waals surface area contributed by atoms with Crippen molar-refractivity contribution in [3.63, 3.8) is 0 Å². The fraction of sp³-hybridized carbons (Fsp3) is 0.571. The van der Waals surface area contributed by atoms with Gasteiger partial charge in [0.15, 0.2) is 0 Å². The Kier molecular flexibility index (Phi) is 9.27. The molecule has 5 rings (SSSR count). The van der Waals surface area contributed by atoms with Crippen molar-refractivity contribution in [2.24, 2.45) is 16.3 Å². The van der Waals surface area contributed by atoms with Crippen LogP contribution in [0.5, 0.6) is 0 Å². The SMILES string of the molecule is CSc1ccc(C2(CCN=CC[C@@H](CC3CCC3)n3c(C)nc4ccccc43)CCN(C(=O)C(C)(C)C)CC2)cc1. The van der Waals surface area contributed by atoms with Crippen LogP contribution in [0.2, 0.25) is 0 Å². The molecule has 1 aliphatic heterocycles. The van der Waals surface area contributed by atoms with Gasteiger partial charge in [-0.25, -0.2) is 4.98 Å². The van der Waals surface area contributed by atoms with Crippen LogP contribution in [0.1, 0.15) is 89.6 Å². The summed E-state index contributed by atoms with van der Waals surface area (Å²) in [4.78, 5) is 26.3. The summed E-state index contributed by atoms with van der Waals surface area (Å²) in [6.45, 7) is 10.7. The van der Waals surface area contributed by atoms with Crippen LogP contribution in [0.15, 0.2) is 58.4 Å². The Bertz CT molecular complexity index is 1340. The summed E-state index contributed by atoms with van der Waals surface area (Å²) < 4.78 is 2.47. The standard InChI is InChI=1S/C35H48N4OS/c1-26-37-31-11-6-7-12-32(31)39(26)29(25-27-9-8-10-27)17-21-36-22-18-35(28-13-15-30(41-5)16-14-28)19-23-38(24-20-35)33(40)34(2,3)4/h6-7,11-16,21,27,29H,8-10,17-20,22-25H2,1-5H3/t29-/m0/s1. The number of hydrogen-bond acceptors (Lipinski definition) is 4. The van der Waals surface area contributed by atoms with E-state index in [1.54, 1.807) is 11.8 Å². The van der Waals surface area contributed by atoms with Crippen LogP contribution in [-0.4, -0.2) is 52.5 Å². The maximum absolute atomic E-state index is 13.0. The predicted molar refractivity (Wildman–Crippen MR) is 173 cm³/mol. The number of thioether (sulfide) groups is 1. The highest BCUT2D eigenvalue weighted by Crippen LogP contribution is 2.40. The van der Waals surface area contributed by atoms with E-state index in [1.165, 1.54) is 41.7 Å². The molecule has 0 spiro atoms. The van der Waals surface area contributed by atoms with E-state index in [4.69, 9.17) is 9.98 Å². The van der Waals surface area contributed by atoms with E-state index >= 15 is 0 Å². The van der Waals surface area contributed by atoms with E-state index in [-0.39, 0.29) is 16.7 Å². The van der Waals surface area contributed by atoms with Gasteiger partial charge in [-0.1, -0.05) is 64.3 Å². The Morgan fingerprint density at radius 1 is 1.12 bits per heavy atom. The molecule has 1 saturated carbocycles. The minimum Gasteiger partial charge on any atom is -0.342 e. The highest BCUT2D eigenvalue weighted by molar-refractivity contribution is 7.98. The monoisotopic (exact) mass is 572 g/mol. The van der Waals surface area contributed by atoms with E-state index in [0.717, 1.165) is 62.6 Å². The first-order valence-corrected chi connectivity index (χ1v) is 16.8. The topological polar surface area (TPSA) is 50.5 Å². The number of para-hydroxylation sites is 2. The lowest BCUT2D eigenvalue weighted by Crippen LogP contribution is -2.48. The van der Waals surface area contributed by atoms with Gasteiger partial charge in [-0.05, 0) is 74.6 Å². The number of rotatable bonds is 10. The van der Waals surface area contributed by atoms with Gasteiger partial charge < -0.3 is 9.47 Å². The number of piperidine rings is 1. The number of carbonyl (C=O) groups is 1. The fourth-order valence-electron chi connectivity index (χ4n) is 6.85. The lowest BCUT2D eigenvalue weighted by atomic mass is 9.70. The summed E-state index contributed by atoms with van der Waals surface area (Å²) in [5.74, 6) is 2.19. The number of imidazole rings is 1. The lowest BCUT2D eigenvalue weighted by Gasteiger charge is -2.44. The summed E-state index contributed by atoms with van der Waals surface area (Å²) in [6.07, 6.45) is 13.5. The van der Waals surface area contributed by atoms with Crippen LogP contribution in [0.4, 0.5) is 0 Å². The molecular weight excluding hydrogens is 524 g/mol. The molecule has 2 fully saturated rings. The summed E-state index contributed by atoms with van der Waals surface area (Å²) >= 11 is 1.78. The second-order valence-electron chi connectivity index (χ2n) is 13.3. The van der Waals surface area contributed by atoms with E-state index in [1.807, 2.05) is 20.8 Å². The van der Waals surface area contributed by atoms with Gasteiger partial charge in [0, 0.05) is 54.0 Å². The molecule has 2 aromatic carbocycles. The largest absolute Gasteiger partial charge is 0.342 e. The molecule has 0 unspecified atom stereocenters. The van der Waals surface area contributed by atoms with Crippen LogP contribution >= 0.6 is 11.8 Å². The van der Waals surface area contributed by atoms with Crippen LogP contribution in [-0.2, 0) is 10.2 Å². The number of carbonyl (C=O) groups excluding carboxylic acids is 1. The quantitative estimate of drug-likeness (QED) is 0.182. The van der Waals surface area contributed by atoms with Gasteiger partial charge in [0.1, 0.15) is 5.82 Å². The zero-order chi connectivity index (χ0) is 29.0. The number of benzene rings is 2. The van der Waals surface area contributed by atoms with Gasteiger partial charge in [-0.3, -0.25) is 9.79 Å². The smallest absolute Gasteiger partial charge is 0.227 e. The van der Waals surface area contributed by atoms with E-state index < -0.39 is 0 Å². The van der Waals surface area contributed by atoms with Gasteiger partial charge >= 0.3 is 0 Å². The molecule has 1 amide bonds. The molecule has 1 aliphatic carbocycles. The average molecular weight is 573 g/mol. The molecule has 0 bridgehead atoms. The van der Waals surface area contributed by atoms with E-state index in [0.29, 0.717) is 6.04 Å². The minimum absolute atomic E-state index is 0.0609. The Balaban J connectivity index is 1.29. The first-order valence-electron chi connectivity index (χ1n) is 15.6. The van der Waals surface area contributed by atoms with Crippen LogP contribution in [0.3, 0.4) is 0 Å². The van der Waals surface area contributed by atoms with Crippen LogP contribution in [0, 0.1) is 18.3 Å². The Morgan fingerprint density at radius 2 is 1.83 bits per heavy atom. The lowest BCUT2D eigenvalue weighted by molar-refractivity contribution is -0.141. The maximum atomic E-state index is 13.0. The number of aliphatic imine (C=N–C) groups is 1. The molecule has 2 aliphatic rings. The van der Waals surface area contributed by atoms with E-state index in [9.17, 15) is 4.79 Å². The van der Waals surface area contributed by atoms with Crippen LogP contribution in [0.25, 0.3) is 11.0 Å². The highest BCUT2D eigenvalue weighted by Gasteiger charge is 2.39. The molecule has 0 N–H and O–H groups in total.